The zero-order valence-corrected chi connectivity index (χ0v) is 24.7. The Hall–Kier alpha value is -3.70. The van der Waals surface area contributed by atoms with Crippen molar-refractivity contribution in [3.05, 3.63) is 80.1 Å². The first-order chi connectivity index (χ1) is 20.4. The summed E-state index contributed by atoms with van der Waals surface area (Å²) in [6, 6.07) is 8.61. The predicted octanol–water partition coefficient (Wildman–Crippen LogP) is 2.57. The SMILES string of the molecule is CCN(C)[C@@H]1C(=O)C(C(N)=O)=C(O)[C@@]2(O)C(=O)C3=C(O)c4c(O)cc(CN5CCc6ccccc6C5)c(Cl)c4C[C@H]3C[C@@H]12. The van der Waals surface area contributed by atoms with Crippen LogP contribution in [0.25, 0.3) is 5.76 Å². The van der Waals surface area contributed by atoms with Crippen molar-refractivity contribution in [2.45, 2.75) is 50.9 Å². The fraction of sp³-hybridized carbons (Fsp3) is 0.406. The van der Waals surface area contributed by atoms with Gasteiger partial charge in [-0.2, -0.15) is 0 Å². The second kappa shape index (κ2) is 10.5. The maximum absolute atomic E-state index is 14.0. The van der Waals surface area contributed by atoms with Crippen LogP contribution in [0.2, 0.25) is 5.02 Å². The monoisotopic (exact) mass is 607 g/mol. The van der Waals surface area contributed by atoms with Crippen LogP contribution in [0, 0.1) is 11.8 Å². The van der Waals surface area contributed by atoms with Crippen molar-refractivity contribution in [3.8, 4) is 5.75 Å². The van der Waals surface area contributed by atoms with E-state index in [9.17, 15) is 34.8 Å². The molecule has 10 nitrogen and oxygen atoms in total. The Bertz CT molecular complexity index is 1650. The van der Waals surface area contributed by atoms with Crippen molar-refractivity contribution in [1.29, 1.82) is 0 Å². The van der Waals surface area contributed by atoms with Gasteiger partial charge in [0.25, 0.3) is 5.91 Å². The number of phenolic OH excluding ortho intramolecular Hbond substituents is 1. The molecular formula is C32H34ClN3O7. The van der Waals surface area contributed by atoms with Crippen LogP contribution < -0.4 is 5.73 Å². The second-order valence-electron chi connectivity index (χ2n) is 12.0. The number of nitrogens with two attached hydrogens (primary N) is 1. The van der Waals surface area contributed by atoms with E-state index in [1.165, 1.54) is 17.2 Å². The number of likely N-dealkylation sites (N-methyl/N-ethyl adjacent to an activating group) is 1. The number of amides is 1. The van der Waals surface area contributed by atoms with Crippen molar-refractivity contribution >= 4 is 34.8 Å². The lowest BCUT2D eigenvalue weighted by molar-refractivity contribution is -0.154. The average molecular weight is 608 g/mol. The van der Waals surface area contributed by atoms with Crippen molar-refractivity contribution in [2.75, 3.05) is 20.1 Å². The summed E-state index contributed by atoms with van der Waals surface area (Å²) in [7, 11) is 1.62. The van der Waals surface area contributed by atoms with E-state index in [-0.39, 0.29) is 29.7 Å². The van der Waals surface area contributed by atoms with Crippen LogP contribution >= 0.6 is 11.6 Å². The fourth-order valence-corrected chi connectivity index (χ4v) is 7.79. The second-order valence-corrected chi connectivity index (χ2v) is 12.4. The van der Waals surface area contributed by atoms with Gasteiger partial charge in [-0.15, -0.1) is 0 Å². The number of rotatable bonds is 5. The normalized spacial score (nSPS) is 27.1. The van der Waals surface area contributed by atoms with Crippen LogP contribution in [0.5, 0.6) is 5.75 Å². The zero-order chi connectivity index (χ0) is 31.0. The van der Waals surface area contributed by atoms with Gasteiger partial charge in [0.2, 0.25) is 5.78 Å². The number of fused-ring (bicyclic) bond motifs is 4. The molecule has 1 aliphatic heterocycles. The molecule has 0 saturated heterocycles. The van der Waals surface area contributed by atoms with Crippen LogP contribution in [0.3, 0.4) is 0 Å². The van der Waals surface area contributed by atoms with E-state index in [1.807, 2.05) is 12.1 Å². The lowest BCUT2D eigenvalue weighted by Crippen LogP contribution is -2.66. The number of phenols is 1. The summed E-state index contributed by atoms with van der Waals surface area (Å²) in [5.41, 5.74) is 5.39. The minimum Gasteiger partial charge on any atom is -0.508 e. The average Bonchev–Trinajstić information content (AvgIpc) is 2.97. The Labute approximate surface area is 253 Å². The molecule has 2 aromatic rings. The van der Waals surface area contributed by atoms with Gasteiger partial charge in [-0.1, -0.05) is 42.8 Å². The topological polar surface area (TPSA) is 165 Å². The molecular weight excluding hydrogens is 574 g/mol. The molecule has 6 N–H and O–H groups in total. The number of aliphatic hydroxyl groups is 3. The number of hydrogen-bond acceptors (Lipinski definition) is 9. The summed E-state index contributed by atoms with van der Waals surface area (Å²) in [6.45, 7) is 4.11. The van der Waals surface area contributed by atoms with Gasteiger partial charge in [0.1, 0.15) is 22.8 Å². The third-order valence-electron chi connectivity index (χ3n) is 9.75. The van der Waals surface area contributed by atoms with Crippen LogP contribution in [-0.4, -0.2) is 79.5 Å². The molecule has 0 bridgehead atoms. The number of aliphatic hydroxyl groups excluding tert-OH is 2. The molecule has 3 aliphatic carbocycles. The van der Waals surface area contributed by atoms with E-state index in [1.54, 1.807) is 18.9 Å². The highest BCUT2D eigenvalue weighted by Gasteiger charge is 2.64. The summed E-state index contributed by atoms with van der Waals surface area (Å²) < 4.78 is 0. The number of Topliss-reactive ketones (excluding diaryl/α,β-unsaturated/α-hetero) is 2. The standard InChI is InChI=1S/C32H34ClN3O7/c1-3-35(2)26-20-11-17-10-19-23(27(38)22(17)29(40)32(20,43)30(41)24(28(26)39)31(34)42)21(37)12-18(25(19)33)14-36-9-8-15-6-4-5-7-16(15)13-36/h4-7,12,17,20,26,37-38,41,43H,3,8-11,13-14H2,1-2H3,(H2,34,42)/t17-,20-,26-,32-/m0/s1. The Morgan fingerprint density at radius 3 is 2.56 bits per heavy atom. The van der Waals surface area contributed by atoms with Gasteiger partial charge in [0, 0.05) is 36.1 Å². The number of carbonyl (C=O) groups is 3. The molecule has 6 rings (SSSR count). The van der Waals surface area contributed by atoms with Gasteiger partial charge in [-0.25, -0.2) is 0 Å². The smallest absolute Gasteiger partial charge is 0.255 e. The summed E-state index contributed by atoms with van der Waals surface area (Å²) in [5.74, 6) is -6.81. The Morgan fingerprint density at radius 1 is 1.19 bits per heavy atom. The molecule has 226 valence electrons. The third kappa shape index (κ3) is 4.30. The lowest BCUT2D eigenvalue weighted by atomic mass is 9.57. The van der Waals surface area contributed by atoms with Crippen LogP contribution in [0.4, 0.5) is 0 Å². The maximum atomic E-state index is 14.0. The first kappa shape index (κ1) is 29.4. The number of hydrogen-bond donors (Lipinski definition) is 5. The van der Waals surface area contributed by atoms with Crippen LogP contribution in [0.1, 0.15) is 41.2 Å². The van der Waals surface area contributed by atoms with Crippen LogP contribution in [-0.2, 0) is 40.3 Å². The highest BCUT2D eigenvalue weighted by molar-refractivity contribution is 6.32. The first-order valence-electron chi connectivity index (χ1n) is 14.4. The molecule has 4 atom stereocenters. The largest absolute Gasteiger partial charge is 0.508 e. The molecule has 2 aromatic carbocycles. The minimum atomic E-state index is -2.67. The minimum absolute atomic E-state index is 0.00732. The van der Waals surface area contributed by atoms with Crippen molar-refractivity contribution < 1.29 is 34.8 Å². The van der Waals surface area contributed by atoms with Gasteiger partial charge in [-0.3, -0.25) is 24.2 Å². The number of carbonyl (C=O) groups excluding carboxylic acids is 3. The zero-order valence-electron chi connectivity index (χ0n) is 23.9. The number of aromatic hydroxyl groups is 1. The third-order valence-corrected chi connectivity index (χ3v) is 10.2. The van der Waals surface area contributed by atoms with E-state index in [4.69, 9.17) is 17.3 Å². The molecule has 0 aromatic heterocycles. The van der Waals surface area contributed by atoms with Crippen molar-refractivity contribution in [3.63, 3.8) is 0 Å². The number of halogens is 1. The number of nitrogens with zero attached hydrogens (tertiary/aromatic N) is 2. The molecule has 1 amide bonds. The van der Waals surface area contributed by atoms with E-state index in [0.717, 1.165) is 19.5 Å². The molecule has 1 fully saturated rings. The van der Waals surface area contributed by atoms with Crippen molar-refractivity contribution in [1.82, 2.24) is 9.80 Å². The highest BCUT2D eigenvalue weighted by Crippen LogP contribution is 2.53. The van der Waals surface area contributed by atoms with Gasteiger partial charge < -0.3 is 26.2 Å². The number of primary amides is 1. The van der Waals surface area contributed by atoms with E-state index < -0.39 is 58.0 Å². The molecule has 43 heavy (non-hydrogen) atoms. The van der Waals surface area contributed by atoms with E-state index in [2.05, 4.69) is 17.0 Å². The first-order valence-corrected chi connectivity index (χ1v) is 14.8. The van der Waals surface area contributed by atoms with Crippen LogP contribution in [0.15, 0.2) is 47.2 Å². The summed E-state index contributed by atoms with van der Waals surface area (Å²) in [4.78, 5) is 43.5. The van der Waals surface area contributed by atoms with Gasteiger partial charge in [0.15, 0.2) is 11.4 Å². The van der Waals surface area contributed by atoms with Gasteiger partial charge >= 0.3 is 0 Å². The highest BCUT2D eigenvalue weighted by atomic mass is 35.5. The Balaban J connectivity index is 1.42. The lowest BCUT2D eigenvalue weighted by Gasteiger charge is -2.50. The molecule has 4 aliphatic rings. The fourth-order valence-electron chi connectivity index (χ4n) is 7.50. The molecule has 0 unspecified atom stereocenters. The predicted molar refractivity (Wildman–Crippen MR) is 158 cm³/mol. The molecule has 11 heteroatoms. The molecule has 0 radical (unpaired) electrons. The van der Waals surface area contributed by atoms with Gasteiger partial charge in [0.05, 0.1) is 11.6 Å². The Morgan fingerprint density at radius 2 is 1.88 bits per heavy atom. The Kier molecular flexibility index (Phi) is 7.16. The van der Waals surface area contributed by atoms with Crippen molar-refractivity contribution in [2.24, 2.45) is 17.6 Å². The van der Waals surface area contributed by atoms with Gasteiger partial charge in [-0.05, 0) is 67.1 Å². The van der Waals surface area contributed by atoms with E-state index >= 15 is 0 Å². The molecule has 1 saturated carbocycles. The quantitative estimate of drug-likeness (QED) is 0.321. The summed E-state index contributed by atoms with van der Waals surface area (Å²) in [5, 5.41) is 45.8. The van der Waals surface area contributed by atoms with E-state index in [0.29, 0.717) is 29.2 Å². The number of ketones is 2. The molecule has 1 heterocycles. The molecule has 0 spiro atoms. The summed E-state index contributed by atoms with van der Waals surface area (Å²) >= 11 is 6.95. The number of benzene rings is 2. The summed E-state index contributed by atoms with van der Waals surface area (Å²) in [6.07, 6.45) is 1.05. The maximum Gasteiger partial charge on any atom is 0.255 e.